The number of pyridine rings is 1. The molecule has 1 atom stereocenters. The first-order valence-corrected chi connectivity index (χ1v) is 7.08. The van der Waals surface area contributed by atoms with Crippen LogP contribution in [0.2, 0.25) is 5.02 Å². The molecule has 20 heavy (non-hydrogen) atoms. The van der Waals surface area contributed by atoms with E-state index in [1.165, 1.54) is 0 Å². The number of benzene rings is 1. The number of hydrogen-bond acceptors (Lipinski definition) is 2. The Morgan fingerprint density at radius 3 is 2.85 bits per heavy atom. The molecule has 0 aliphatic carbocycles. The maximum Gasteiger partial charge on any atom is 0.145 e. The Labute approximate surface area is 124 Å². The van der Waals surface area contributed by atoms with Crippen LogP contribution in [0.25, 0.3) is 0 Å². The topological polar surface area (TPSA) is 24.9 Å². The monoisotopic (exact) mass is 292 g/mol. The number of aromatic nitrogens is 1. The van der Waals surface area contributed by atoms with Gasteiger partial charge in [0.25, 0.3) is 0 Å². The highest BCUT2D eigenvalue weighted by Gasteiger charge is 2.16. The molecule has 1 aromatic carbocycles. The number of halogens is 2. The van der Waals surface area contributed by atoms with Crippen molar-refractivity contribution in [2.75, 3.05) is 6.54 Å². The lowest BCUT2D eigenvalue weighted by atomic mass is 9.96. The molecule has 1 unspecified atom stereocenters. The van der Waals surface area contributed by atoms with Crippen LogP contribution in [0, 0.1) is 12.7 Å². The van der Waals surface area contributed by atoms with E-state index >= 15 is 0 Å². The van der Waals surface area contributed by atoms with Crippen molar-refractivity contribution in [1.29, 1.82) is 0 Å². The molecular formula is C16H18ClFN2. The highest BCUT2D eigenvalue weighted by atomic mass is 35.5. The van der Waals surface area contributed by atoms with Crippen LogP contribution in [0.4, 0.5) is 4.39 Å². The lowest BCUT2D eigenvalue weighted by molar-refractivity contribution is 0.526. The van der Waals surface area contributed by atoms with E-state index in [2.05, 4.69) is 10.3 Å². The molecule has 0 spiro atoms. The van der Waals surface area contributed by atoms with Crippen molar-refractivity contribution in [3.8, 4) is 0 Å². The summed E-state index contributed by atoms with van der Waals surface area (Å²) >= 11 is 5.85. The van der Waals surface area contributed by atoms with Gasteiger partial charge in [0.05, 0.1) is 5.02 Å². The Bertz CT molecular complexity index is 586. The lowest BCUT2D eigenvalue weighted by Gasteiger charge is -2.20. The molecule has 0 aliphatic rings. The van der Waals surface area contributed by atoms with Crippen molar-refractivity contribution in [1.82, 2.24) is 10.3 Å². The minimum atomic E-state index is -0.330. The number of nitrogens with one attached hydrogen (secondary N) is 1. The second kappa shape index (κ2) is 6.82. The van der Waals surface area contributed by atoms with Gasteiger partial charge in [0.1, 0.15) is 5.82 Å². The summed E-state index contributed by atoms with van der Waals surface area (Å²) in [6.45, 7) is 4.87. The molecule has 1 N–H and O–H groups in total. The molecule has 2 rings (SSSR count). The van der Waals surface area contributed by atoms with Crippen LogP contribution in [0.15, 0.2) is 36.7 Å². The first-order chi connectivity index (χ1) is 9.63. The van der Waals surface area contributed by atoms with Crippen LogP contribution < -0.4 is 5.32 Å². The quantitative estimate of drug-likeness (QED) is 0.898. The number of hydrogen-bond donors (Lipinski definition) is 1. The summed E-state index contributed by atoms with van der Waals surface area (Å²) in [6, 6.07) is 7.16. The minimum absolute atomic E-state index is 0.0518. The van der Waals surface area contributed by atoms with E-state index in [-0.39, 0.29) is 16.9 Å². The summed E-state index contributed by atoms with van der Waals surface area (Å²) in [5.74, 6) is -0.330. The van der Waals surface area contributed by atoms with Crippen LogP contribution >= 0.6 is 11.6 Å². The largest absolute Gasteiger partial charge is 0.310 e. The molecule has 0 bridgehead atoms. The first kappa shape index (κ1) is 14.9. The van der Waals surface area contributed by atoms with Gasteiger partial charge in [-0.2, -0.15) is 0 Å². The molecule has 106 valence electrons. The van der Waals surface area contributed by atoms with E-state index in [1.807, 2.05) is 26.1 Å². The number of rotatable bonds is 5. The van der Waals surface area contributed by atoms with E-state index < -0.39 is 0 Å². The van der Waals surface area contributed by atoms with Gasteiger partial charge in [-0.1, -0.05) is 30.7 Å². The van der Waals surface area contributed by atoms with Crippen molar-refractivity contribution >= 4 is 11.6 Å². The van der Waals surface area contributed by atoms with Crippen LogP contribution in [0.3, 0.4) is 0 Å². The highest BCUT2D eigenvalue weighted by Crippen LogP contribution is 2.25. The first-order valence-electron chi connectivity index (χ1n) is 6.70. The second-order valence-corrected chi connectivity index (χ2v) is 5.17. The SMILES string of the molecule is CCNC(Cc1cccc(Cl)c1F)c1ccncc1C. The van der Waals surface area contributed by atoms with E-state index in [0.717, 1.165) is 17.7 Å². The summed E-state index contributed by atoms with van der Waals surface area (Å²) < 4.78 is 14.0. The Hall–Kier alpha value is -1.45. The smallest absolute Gasteiger partial charge is 0.145 e. The van der Waals surface area contributed by atoms with Gasteiger partial charge in [0, 0.05) is 18.4 Å². The fourth-order valence-corrected chi connectivity index (χ4v) is 2.53. The molecule has 0 aliphatic heterocycles. The zero-order valence-electron chi connectivity index (χ0n) is 11.7. The summed E-state index contributed by atoms with van der Waals surface area (Å²) in [7, 11) is 0. The van der Waals surface area contributed by atoms with E-state index in [4.69, 9.17) is 11.6 Å². The van der Waals surface area contributed by atoms with Crippen molar-refractivity contribution in [3.63, 3.8) is 0 Å². The molecule has 0 fully saturated rings. The molecule has 0 saturated carbocycles. The van der Waals surface area contributed by atoms with Gasteiger partial charge in [-0.3, -0.25) is 4.98 Å². The van der Waals surface area contributed by atoms with E-state index in [9.17, 15) is 4.39 Å². The Kier molecular flexibility index (Phi) is 5.10. The summed E-state index contributed by atoms with van der Waals surface area (Å²) in [5, 5.41) is 3.57. The van der Waals surface area contributed by atoms with Gasteiger partial charge >= 0.3 is 0 Å². The average molecular weight is 293 g/mol. The van der Waals surface area contributed by atoms with Crippen molar-refractivity contribution < 1.29 is 4.39 Å². The van der Waals surface area contributed by atoms with Gasteiger partial charge < -0.3 is 5.32 Å². The Morgan fingerprint density at radius 2 is 2.15 bits per heavy atom. The number of aryl methyl sites for hydroxylation is 1. The Balaban J connectivity index is 2.31. The molecular weight excluding hydrogens is 275 g/mol. The third-order valence-electron chi connectivity index (χ3n) is 3.35. The van der Waals surface area contributed by atoms with Crippen molar-refractivity contribution in [2.45, 2.75) is 26.3 Å². The molecule has 2 nitrogen and oxygen atoms in total. The number of nitrogens with zero attached hydrogens (tertiary/aromatic N) is 1. The van der Waals surface area contributed by atoms with Crippen LogP contribution in [-0.2, 0) is 6.42 Å². The van der Waals surface area contributed by atoms with Crippen molar-refractivity contribution in [2.24, 2.45) is 0 Å². The molecule has 0 saturated heterocycles. The maximum atomic E-state index is 14.0. The fraction of sp³-hybridized carbons (Fsp3) is 0.312. The molecule has 1 heterocycles. The molecule has 2 aromatic rings. The predicted octanol–water partition coefficient (Wildman–Crippen LogP) is 4.08. The summed E-state index contributed by atoms with van der Waals surface area (Å²) in [4.78, 5) is 4.10. The predicted molar refractivity (Wildman–Crippen MR) is 80.5 cm³/mol. The third kappa shape index (κ3) is 3.35. The van der Waals surface area contributed by atoms with Crippen LogP contribution in [0.1, 0.15) is 29.7 Å². The third-order valence-corrected chi connectivity index (χ3v) is 3.64. The highest BCUT2D eigenvalue weighted by molar-refractivity contribution is 6.30. The molecule has 4 heteroatoms. The normalized spacial score (nSPS) is 12.4. The zero-order valence-corrected chi connectivity index (χ0v) is 12.4. The zero-order chi connectivity index (χ0) is 14.5. The van der Waals surface area contributed by atoms with Crippen molar-refractivity contribution in [3.05, 3.63) is 64.2 Å². The van der Waals surface area contributed by atoms with E-state index in [1.54, 1.807) is 24.4 Å². The number of likely N-dealkylation sites (N-methyl/N-ethyl adjacent to an activating group) is 1. The summed E-state index contributed by atoms with van der Waals surface area (Å²) in [5.41, 5.74) is 2.86. The van der Waals surface area contributed by atoms with Gasteiger partial charge in [-0.15, -0.1) is 0 Å². The lowest BCUT2D eigenvalue weighted by Crippen LogP contribution is -2.24. The Morgan fingerprint density at radius 1 is 1.35 bits per heavy atom. The van der Waals surface area contributed by atoms with Gasteiger partial charge in [0.2, 0.25) is 0 Å². The standard InChI is InChI=1S/C16H18ClFN2/c1-3-20-15(13-7-8-19-10-11(13)2)9-12-5-4-6-14(17)16(12)18/h4-8,10,15,20H,3,9H2,1-2H3. The van der Waals surface area contributed by atoms with Crippen LogP contribution in [0.5, 0.6) is 0 Å². The average Bonchev–Trinajstić information content (AvgIpc) is 2.44. The fourth-order valence-electron chi connectivity index (χ4n) is 2.34. The van der Waals surface area contributed by atoms with Gasteiger partial charge in [0.15, 0.2) is 0 Å². The van der Waals surface area contributed by atoms with Gasteiger partial charge in [-0.25, -0.2) is 4.39 Å². The molecule has 0 amide bonds. The second-order valence-electron chi connectivity index (χ2n) is 4.76. The van der Waals surface area contributed by atoms with Gasteiger partial charge in [-0.05, 0) is 48.7 Å². The minimum Gasteiger partial charge on any atom is -0.310 e. The van der Waals surface area contributed by atoms with E-state index in [0.29, 0.717) is 12.0 Å². The van der Waals surface area contributed by atoms with Crippen LogP contribution in [-0.4, -0.2) is 11.5 Å². The maximum absolute atomic E-state index is 14.0. The molecule has 1 aromatic heterocycles. The summed E-state index contributed by atoms with van der Waals surface area (Å²) in [6.07, 6.45) is 4.15. The molecule has 0 radical (unpaired) electrons.